The summed E-state index contributed by atoms with van der Waals surface area (Å²) in [6.45, 7) is 9.19. The number of hydrogen-bond acceptors (Lipinski definition) is 11. The van der Waals surface area contributed by atoms with Gasteiger partial charge < -0.3 is 25.0 Å². The molecular formula is C34H44N8O8S. The summed E-state index contributed by atoms with van der Waals surface area (Å²) in [5.41, 5.74) is -0.903. The van der Waals surface area contributed by atoms with Crippen LogP contribution in [0.4, 0.5) is 4.79 Å². The summed E-state index contributed by atoms with van der Waals surface area (Å²) in [5, 5.41) is 18.0. The Morgan fingerprint density at radius 2 is 1.98 bits per heavy atom. The molecule has 1 aromatic carbocycles. The van der Waals surface area contributed by atoms with Crippen LogP contribution in [-0.2, 0) is 29.1 Å². The van der Waals surface area contributed by atoms with E-state index >= 15 is 0 Å². The van der Waals surface area contributed by atoms with E-state index in [1.165, 1.54) is 15.8 Å². The van der Waals surface area contributed by atoms with E-state index in [0.717, 1.165) is 5.56 Å². The zero-order chi connectivity index (χ0) is 36.7. The van der Waals surface area contributed by atoms with E-state index in [1.54, 1.807) is 40.0 Å². The number of cyclic esters (lactones) is 1. The van der Waals surface area contributed by atoms with Crippen LogP contribution in [0.1, 0.15) is 70.9 Å². The molecule has 2 aromatic rings. The quantitative estimate of drug-likeness (QED) is 0.353. The molecule has 3 heterocycles. The molecule has 2 saturated carbocycles. The third kappa shape index (κ3) is 7.48. The maximum atomic E-state index is 14.4. The van der Waals surface area contributed by atoms with Gasteiger partial charge >= 0.3 is 6.09 Å². The van der Waals surface area contributed by atoms with Crippen molar-refractivity contribution in [1.82, 2.24) is 40.5 Å². The Bertz CT molecular complexity index is 1870. The lowest BCUT2D eigenvalue weighted by atomic mass is 9.85. The van der Waals surface area contributed by atoms with Crippen LogP contribution in [0.5, 0.6) is 5.75 Å². The van der Waals surface area contributed by atoms with Crippen molar-refractivity contribution >= 4 is 39.9 Å². The van der Waals surface area contributed by atoms with Crippen molar-refractivity contribution in [2.24, 2.45) is 11.3 Å². The van der Waals surface area contributed by atoms with Crippen molar-refractivity contribution in [3.63, 3.8) is 0 Å². The summed E-state index contributed by atoms with van der Waals surface area (Å²) in [7, 11) is -2.32. The maximum absolute atomic E-state index is 14.4. The van der Waals surface area contributed by atoms with E-state index in [-0.39, 0.29) is 26.0 Å². The Morgan fingerprint density at radius 1 is 1.22 bits per heavy atom. The molecule has 6 rings (SSSR count). The van der Waals surface area contributed by atoms with Crippen LogP contribution in [0.25, 0.3) is 17.5 Å². The lowest BCUT2D eigenvalue weighted by Crippen LogP contribution is -2.60. The summed E-state index contributed by atoms with van der Waals surface area (Å²) < 4.78 is 38.4. The Kier molecular flexibility index (Phi) is 9.69. The van der Waals surface area contributed by atoms with Gasteiger partial charge in [0.15, 0.2) is 0 Å². The number of ether oxygens (including phenoxy) is 2. The number of nitrogens with zero attached hydrogens (tertiary/aromatic N) is 5. The molecule has 17 heteroatoms. The number of benzene rings is 1. The highest BCUT2D eigenvalue weighted by molar-refractivity contribution is 7.91. The first kappa shape index (κ1) is 36.0. The van der Waals surface area contributed by atoms with Crippen LogP contribution in [0.2, 0.25) is 0 Å². The van der Waals surface area contributed by atoms with Gasteiger partial charge in [-0.05, 0) is 60.9 Å². The number of carbonyl (C=O) groups excluding carboxylic acids is 4. The molecule has 16 nitrogen and oxygen atoms in total. The Labute approximate surface area is 296 Å². The average Bonchev–Trinajstić information content (AvgIpc) is 3.96. The molecular weight excluding hydrogens is 680 g/mol. The van der Waals surface area contributed by atoms with Crippen molar-refractivity contribution in [3.05, 3.63) is 42.5 Å². The molecule has 6 bridgehead atoms. The molecule has 5 atom stereocenters. The van der Waals surface area contributed by atoms with E-state index in [9.17, 15) is 27.6 Å². The minimum Gasteiger partial charge on any atom is -0.496 e. The van der Waals surface area contributed by atoms with Crippen LogP contribution >= 0.6 is 0 Å². The third-order valence-corrected chi connectivity index (χ3v) is 11.6. The second kappa shape index (κ2) is 13.7. The molecule has 3 N–H and O–H groups in total. The Morgan fingerprint density at radius 3 is 2.65 bits per heavy atom. The number of aromatic nitrogens is 4. The van der Waals surface area contributed by atoms with Gasteiger partial charge in [-0.2, -0.15) is 4.80 Å². The Hall–Kier alpha value is -4.80. The number of alkyl carbamates (subject to hydrolysis) is 1. The lowest BCUT2D eigenvalue weighted by Gasteiger charge is -2.35. The number of hydrogen-bond donors (Lipinski definition) is 3. The molecule has 4 amide bonds. The summed E-state index contributed by atoms with van der Waals surface area (Å²) >= 11 is 0. The van der Waals surface area contributed by atoms with E-state index < -0.39 is 74.1 Å². The number of rotatable bonds is 7. The van der Waals surface area contributed by atoms with Crippen molar-refractivity contribution in [3.8, 4) is 17.1 Å². The number of carbonyl (C=O) groups is 4. The van der Waals surface area contributed by atoms with Gasteiger partial charge in [0, 0.05) is 30.0 Å². The number of amides is 4. The predicted molar refractivity (Wildman–Crippen MR) is 184 cm³/mol. The first-order chi connectivity index (χ1) is 24.2. The van der Waals surface area contributed by atoms with Gasteiger partial charge in [0.05, 0.1) is 25.0 Å². The van der Waals surface area contributed by atoms with Crippen molar-refractivity contribution in [1.29, 1.82) is 0 Å². The van der Waals surface area contributed by atoms with E-state index in [4.69, 9.17) is 9.47 Å². The summed E-state index contributed by atoms with van der Waals surface area (Å²) in [4.78, 5) is 57.7. The standard InChI is InChI=1S/C34H44N8O8S/c1-6-22-18-34(22,31(45)39-51(47,48)24-12-13-24)36-29(43)25-17-23-19-41(25)30(44)27(33(2,3)4)35-32(46)50-15-9-7-8-10-20-16-21(11-14-26(20)49-5)28-37-40-42(23)38-28/h6,8,10-11,14,16,22-25,27H,1,7,9,12-13,15,17-19H2,2-5H3,(H,35,46)(H,36,43)(H,39,45)/b10-8+/t22-,23+,25-,27-,34-/m0/s1. The molecule has 2 aliphatic carbocycles. The molecule has 0 spiro atoms. The van der Waals surface area contributed by atoms with Gasteiger partial charge in [-0.3, -0.25) is 19.1 Å². The van der Waals surface area contributed by atoms with Crippen LogP contribution in [0.3, 0.4) is 0 Å². The smallest absolute Gasteiger partial charge is 0.407 e. The van der Waals surface area contributed by atoms with Crippen LogP contribution < -0.4 is 20.1 Å². The largest absolute Gasteiger partial charge is 0.496 e. The fourth-order valence-electron chi connectivity index (χ4n) is 6.54. The monoisotopic (exact) mass is 724 g/mol. The molecule has 51 heavy (non-hydrogen) atoms. The zero-order valence-corrected chi connectivity index (χ0v) is 29.9. The van der Waals surface area contributed by atoms with E-state index in [2.05, 4.69) is 37.3 Å². The molecule has 0 radical (unpaired) electrons. The first-order valence-corrected chi connectivity index (χ1v) is 18.6. The highest BCUT2D eigenvalue weighted by atomic mass is 32.2. The first-order valence-electron chi connectivity index (χ1n) is 17.1. The van der Waals surface area contributed by atoms with E-state index in [1.807, 2.05) is 18.2 Å². The van der Waals surface area contributed by atoms with Gasteiger partial charge in [-0.25, -0.2) is 13.2 Å². The second-order valence-electron chi connectivity index (χ2n) is 14.6. The van der Waals surface area contributed by atoms with Crippen molar-refractivity contribution < 1.29 is 37.1 Å². The molecule has 1 saturated heterocycles. The van der Waals surface area contributed by atoms with Crippen molar-refractivity contribution in [2.75, 3.05) is 20.3 Å². The van der Waals surface area contributed by atoms with Crippen molar-refractivity contribution in [2.45, 2.75) is 88.2 Å². The fraction of sp³-hybridized carbons (Fsp3) is 0.559. The second-order valence-corrected chi connectivity index (χ2v) is 16.6. The molecule has 0 unspecified atom stereocenters. The molecule has 3 fully saturated rings. The SMILES string of the molecule is C=C[C@H]1C[C@@]1(NC(=O)[C@@H]1C[C@@H]2CN1C(=O)[C@@H](C(C)(C)C)NC(=O)OCCC/C=C/c1cc(ccc1OC)-c1nnn2n1)C(=O)NS(=O)(=O)C1CC1. The fourth-order valence-corrected chi connectivity index (χ4v) is 7.91. The van der Waals surface area contributed by atoms with E-state index in [0.29, 0.717) is 42.8 Å². The number of nitrogens with one attached hydrogen (secondary N) is 3. The predicted octanol–water partition coefficient (Wildman–Crippen LogP) is 2.11. The van der Waals surface area contributed by atoms with Gasteiger partial charge in [-0.15, -0.1) is 16.8 Å². The normalized spacial score (nSPS) is 27.5. The van der Waals surface area contributed by atoms with Crippen LogP contribution in [0, 0.1) is 11.3 Å². The van der Waals surface area contributed by atoms with Gasteiger partial charge in [0.25, 0.3) is 5.91 Å². The summed E-state index contributed by atoms with van der Waals surface area (Å²) in [5.74, 6) is -1.62. The maximum Gasteiger partial charge on any atom is 0.407 e. The number of tetrazole rings is 1. The van der Waals surface area contributed by atoms with Gasteiger partial charge in [0.2, 0.25) is 27.7 Å². The molecule has 2 aliphatic heterocycles. The molecule has 274 valence electrons. The zero-order valence-electron chi connectivity index (χ0n) is 29.1. The number of sulfonamides is 1. The lowest BCUT2D eigenvalue weighted by molar-refractivity contribution is -0.142. The van der Waals surface area contributed by atoms with Crippen LogP contribution in [0.15, 0.2) is 36.9 Å². The topological polar surface area (TPSA) is 204 Å². The highest BCUT2D eigenvalue weighted by Gasteiger charge is 2.62. The minimum atomic E-state index is -3.90. The highest BCUT2D eigenvalue weighted by Crippen LogP contribution is 2.46. The van der Waals surface area contributed by atoms with Gasteiger partial charge in [0.1, 0.15) is 23.4 Å². The Balaban J connectivity index is 1.34. The summed E-state index contributed by atoms with van der Waals surface area (Å²) in [6, 6.07) is 2.61. The summed E-state index contributed by atoms with van der Waals surface area (Å²) in [6.07, 6.45) is 6.78. The number of methoxy groups -OCH3 is 1. The number of fused-ring (bicyclic) bond motifs is 8. The number of allylic oxidation sites excluding steroid dienone is 1. The van der Waals surface area contributed by atoms with Gasteiger partial charge in [-0.1, -0.05) is 39.0 Å². The average molecular weight is 725 g/mol. The third-order valence-electron chi connectivity index (χ3n) is 9.78. The van der Waals surface area contributed by atoms with Crippen LogP contribution in [-0.4, -0.2) is 100 Å². The molecule has 4 aliphatic rings. The minimum absolute atomic E-state index is 0.0211. The molecule has 1 aromatic heterocycles.